The van der Waals surface area contributed by atoms with Gasteiger partial charge >= 0.3 is 0 Å². The van der Waals surface area contributed by atoms with Gasteiger partial charge in [0.1, 0.15) is 10.6 Å². The van der Waals surface area contributed by atoms with Crippen LogP contribution in [0.5, 0.6) is 0 Å². The van der Waals surface area contributed by atoms with Crippen LogP contribution in [0.1, 0.15) is 48.0 Å². The van der Waals surface area contributed by atoms with Crippen LogP contribution >= 0.6 is 0 Å². The maximum absolute atomic E-state index is 12.7. The number of aromatic nitrogens is 3. The minimum atomic E-state index is -3.60. The van der Waals surface area contributed by atoms with Crippen molar-refractivity contribution in [3.8, 4) is 0 Å². The molecule has 4 rings (SSSR count). The minimum Gasteiger partial charge on any atom is -0.360 e. The van der Waals surface area contributed by atoms with Gasteiger partial charge in [0, 0.05) is 13.1 Å². The number of hydrogen-bond acceptors (Lipinski definition) is 8. The van der Waals surface area contributed by atoms with E-state index in [9.17, 15) is 8.42 Å². The Morgan fingerprint density at radius 2 is 1.92 bits per heavy atom. The average molecular weight is 367 g/mol. The lowest BCUT2D eigenvalue weighted by atomic mass is 10.0. The fourth-order valence-corrected chi connectivity index (χ4v) is 5.36. The molecule has 2 aromatic rings. The molecule has 2 fully saturated rings. The van der Waals surface area contributed by atoms with Gasteiger partial charge in [-0.1, -0.05) is 10.3 Å². The Bertz CT molecular complexity index is 864. The summed E-state index contributed by atoms with van der Waals surface area (Å²) < 4.78 is 37.2. The number of aryl methyl sites for hydroxylation is 2. The van der Waals surface area contributed by atoms with Crippen molar-refractivity contribution < 1.29 is 17.5 Å². The molecule has 0 spiro atoms. The first-order valence-electron chi connectivity index (χ1n) is 8.34. The van der Waals surface area contributed by atoms with Crippen molar-refractivity contribution in [3.05, 3.63) is 23.2 Å². The summed E-state index contributed by atoms with van der Waals surface area (Å²) in [7, 11) is -1.55. The van der Waals surface area contributed by atoms with Crippen LogP contribution in [0.25, 0.3) is 0 Å². The van der Waals surface area contributed by atoms with E-state index < -0.39 is 10.0 Å². The van der Waals surface area contributed by atoms with Crippen LogP contribution < -0.4 is 0 Å². The first-order chi connectivity index (χ1) is 11.9. The van der Waals surface area contributed by atoms with Crippen LogP contribution in [0.4, 0.5) is 0 Å². The molecule has 4 heterocycles. The summed E-state index contributed by atoms with van der Waals surface area (Å²) in [6.07, 6.45) is 2.13. The molecule has 0 bridgehead atoms. The van der Waals surface area contributed by atoms with Gasteiger partial charge in [0.2, 0.25) is 15.9 Å². The molecule has 136 valence electrons. The van der Waals surface area contributed by atoms with Gasteiger partial charge in [-0.15, -0.1) is 0 Å². The number of sulfonamides is 1. The Balaban J connectivity index is 1.46. The van der Waals surface area contributed by atoms with Crippen LogP contribution in [0.3, 0.4) is 0 Å². The molecule has 25 heavy (non-hydrogen) atoms. The number of hydrogen-bond donors (Lipinski definition) is 0. The molecular formula is C15H21N5O4S. The standard InChI is InChI=1S/C15H21N5O4S/c1-9-13(10(2)23-17-9)25(21,22)20-7-11(8-20)14-16-15(24-18-14)12-5-4-6-19(12)3/h11-12H,4-8H2,1-3H3. The Kier molecular flexibility index (Phi) is 3.93. The second-order valence-electron chi connectivity index (χ2n) is 6.80. The van der Waals surface area contributed by atoms with E-state index in [0.29, 0.717) is 36.3 Å². The van der Waals surface area contributed by atoms with Gasteiger partial charge < -0.3 is 9.05 Å². The Labute approximate surface area is 146 Å². The second kappa shape index (κ2) is 5.89. The van der Waals surface area contributed by atoms with Gasteiger partial charge in [0.15, 0.2) is 11.6 Å². The molecular weight excluding hydrogens is 346 g/mol. The zero-order valence-corrected chi connectivity index (χ0v) is 15.3. The zero-order valence-electron chi connectivity index (χ0n) is 14.5. The minimum absolute atomic E-state index is 0.0422. The summed E-state index contributed by atoms with van der Waals surface area (Å²) in [6.45, 7) is 4.94. The Morgan fingerprint density at radius 1 is 1.16 bits per heavy atom. The number of rotatable bonds is 4. The van der Waals surface area contributed by atoms with Gasteiger partial charge in [-0.3, -0.25) is 4.90 Å². The molecule has 1 atom stereocenters. The van der Waals surface area contributed by atoms with Crippen molar-refractivity contribution in [1.29, 1.82) is 0 Å². The topological polar surface area (TPSA) is 106 Å². The van der Waals surface area contributed by atoms with E-state index in [2.05, 4.69) is 20.2 Å². The first-order valence-corrected chi connectivity index (χ1v) is 9.78. The van der Waals surface area contributed by atoms with E-state index in [4.69, 9.17) is 9.05 Å². The molecule has 10 heteroatoms. The van der Waals surface area contributed by atoms with E-state index in [1.165, 1.54) is 4.31 Å². The zero-order chi connectivity index (χ0) is 17.8. The van der Waals surface area contributed by atoms with Crippen molar-refractivity contribution in [1.82, 2.24) is 24.5 Å². The summed E-state index contributed by atoms with van der Waals surface area (Å²) in [4.78, 5) is 6.87. The smallest absolute Gasteiger partial charge is 0.248 e. The molecule has 1 unspecified atom stereocenters. The number of nitrogens with zero attached hydrogens (tertiary/aromatic N) is 5. The highest BCUT2D eigenvalue weighted by Crippen LogP contribution is 2.34. The predicted octanol–water partition coefficient (Wildman–Crippen LogP) is 1.23. The van der Waals surface area contributed by atoms with Crippen LogP contribution in [0, 0.1) is 13.8 Å². The number of likely N-dealkylation sites (tertiary alicyclic amines) is 1. The van der Waals surface area contributed by atoms with Crippen molar-refractivity contribution in [2.45, 2.75) is 43.5 Å². The third-order valence-electron chi connectivity index (χ3n) is 5.04. The van der Waals surface area contributed by atoms with Crippen LogP contribution in [0.15, 0.2) is 13.9 Å². The molecule has 0 N–H and O–H groups in total. The summed E-state index contributed by atoms with van der Waals surface area (Å²) in [5.74, 6) is 1.48. The van der Waals surface area contributed by atoms with E-state index in [1.54, 1.807) is 13.8 Å². The Hall–Kier alpha value is -1.78. The summed E-state index contributed by atoms with van der Waals surface area (Å²) >= 11 is 0. The predicted molar refractivity (Wildman–Crippen MR) is 86.4 cm³/mol. The highest BCUT2D eigenvalue weighted by molar-refractivity contribution is 7.89. The molecule has 0 aliphatic carbocycles. The lowest BCUT2D eigenvalue weighted by molar-refractivity contribution is 0.236. The SMILES string of the molecule is Cc1noc(C)c1S(=O)(=O)N1CC(c2noc(C3CCCN3C)n2)C1. The van der Waals surface area contributed by atoms with Crippen molar-refractivity contribution in [2.75, 3.05) is 26.7 Å². The molecule has 0 amide bonds. The fourth-order valence-electron chi connectivity index (χ4n) is 3.54. The van der Waals surface area contributed by atoms with Gasteiger partial charge in [-0.25, -0.2) is 8.42 Å². The molecule has 0 radical (unpaired) electrons. The maximum Gasteiger partial charge on any atom is 0.248 e. The average Bonchev–Trinajstić information content (AvgIpc) is 3.18. The van der Waals surface area contributed by atoms with Crippen molar-refractivity contribution in [3.63, 3.8) is 0 Å². The lowest BCUT2D eigenvalue weighted by Crippen LogP contribution is -2.48. The molecule has 2 aliphatic rings. The third kappa shape index (κ3) is 2.68. The highest BCUT2D eigenvalue weighted by Gasteiger charge is 2.42. The van der Waals surface area contributed by atoms with Gasteiger partial charge in [-0.2, -0.15) is 9.29 Å². The molecule has 0 saturated carbocycles. The monoisotopic (exact) mass is 367 g/mol. The lowest BCUT2D eigenvalue weighted by Gasteiger charge is -2.35. The summed E-state index contributed by atoms with van der Waals surface area (Å²) in [5, 5.41) is 7.80. The van der Waals surface area contributed by atoms with E-state index in [1.807, 2.05) is 7.05 Å². The highest BCUT2D eigenvalue weighted by atomic mass is 32.2. The van der Waals surface area contributed by atoms with Crippen LogP contribution in [0.2, 0.25) is 0 Å². The Morgan fingerprint density at radius 3 is 2.52 bits per heavy atom. The molecule has 9 nitrogen and oxygen atoms in total. The van der Waals surface area contributed by atoms with Gasteiger partial charge in [0.25, 0.3) is 0 Å². The quantitative estimate of drug-likeness (QED) is 0.794. The van der Waals surface area contributed by atoms with E-state index in [0.717, 1.165) is 19.4 Å². The van der Waals surface area contributed by atoms with E-state index in [-0.39, 0.29) is 16.9 Å². The first kappa shape index (κ1) is 16.7. The van der Waals surface area contributed by atoms with Crippen molar-refractivity contribution in [2.24, 2.45) is 0 Å². The summed E-state index contributed by atoms with van der Waals surface area (Å²) in [6, 6.07) is 0.170. The normalized spacial score (nSPS) is 23.2. The fraction of sp³-hybridized carbons (Fsp3) is 0.667. The van der Waals surface area contributed by atoms with Gasteiger partial charge in [-0.05, 0) is 40.3 Å². The van der Waals surface area contributed by atoms with Crippen molar-refractivity contribution >= 4 is 10.0 Å². The molecule has 2 aliphatic heterocycles. The maximum atomic E-state index is 12.7. The molecule has 0 aromatic carbocycles. The van der Waals surface area contributed by atoms with E-state index >= 15 is 0 Å². The van der Waals surface area contributed by atoms with Crippen LogP contribution in [-0.4, -0.2) is 59.6 Å². The van der Waals surface area contributed by atoms with Crippen LogP contribution in [-0.2, 0) is 10.0 Å². The van der Waals surface area contributed by atoms with Gasteiger partial charge in [0.05, 0.1) is 12.0 Å². The molecule has 2 aromatic heterocycles. The third-order valence-corrected chi connectivity index (χ3v) is 7.12. The second-order valence-corrected chi connectivity index (χ2v) is 8.68. The summed E-state index contributed by atoms with van der Waals surface area (Å²) in [5.41, 5.74) is 0.382. The molecule has 2 saturated heterocycles. The largest absolute Gasteiger partial charge is 0.360 e.